The van der Waals surface area contributed by atoms with Gasteiger partial charge in [0, 0.05) is 71.2 Å². The normalized spacial score (nSPS) is 18.8. The van der Waals surface area contributed by atoms with E-state index < -0.39 is 0 Å². The quantitative estimate of drug-likeness (QED) is 0.329. The largest absolute Gasteiger partial charge is 0.355 e. The number of nitrogens with one attached hydrogen (secondary N) is 3. The first-order valence-electron chi connectivity index (χ1n) is 13.5. The van der Waals surface area contributed by atoms with E-state index in [1.54, 1.807) is 0 Å². The summed E-state index contributed by atoms with van der Waals surface area (Å²) >= 11 is 0. The Hall–Kier alpha value is -3.82. The Balaban J connectivity index is 0.00000129. The van der Waals surface area contributed by atoms with Crippen LogP contribution in [0.1, 0.15) is 21.8 Å². The zero-order chi connectivity index (χ0) is 25.6. The topological polar surface area (TPSA) is 106 Å². The van der Waals surface area contributed by atoms with E-state index in [9.17, 15) is 4.79 Å². The third-order valence-electron chi connectivity index (χ3n) is 8.39. The van der Waals surface area contributed by atoms with Crippen LogP contribution in [0.3, 0.4) is 0 Å². The number of benzene rings is 2. The van der Waals surface area contributed by atoms with E-state index >= 15 is 0 Å². The van der Waals surface area contributed by atoms with E-state index in [1.807, 2.05) is 18.5 Å². The van der Waals surface area contributed by atoms with Crippen LogP contribution >= 0.6 is 0 Å². The molecule has 1 amide bonds. The highest BCUT2D eigenvalue weighted by Crippen LogP contribution is 2.39. The van der Waals surface area contributed by atoms with Gasteiger partial charge in [0.2, 0.25) is 5.91 Å². The average Bonchev–Trinajstić information content (AvgIpc) is 3.62. The van der Waals surface area contributed by atoms with Crippen molar-refractivity contribution in [3.63, 3.8) is 0 Å². The summed E-state index contributed by atoms with van der Waals surface area (Å²) in [4.78, 5) is 23.3. The maximum absolute atomic E-state index is 13.3. The molecule has 1 aliphatic carbocycles. The third kappa shape index (κ3) is 4.12. The molecule has 1 unspecified atom stereocenters. The number of H-pyrrole nitrogens is 2. The lowest BCUT2D eigenvalue weighted by Gasteiger charge is -2.32. The first kappa shape index (κ1) is 23.3. The Morgan fingerprint density at radius 3 is 2.76 bits per heavy atom. The number of pyridine rings is 1. The third-order valence-corrected chi connectivity index (χ3v) is 8.39. The summed E-state index contributed by atoms with van der Waals surface area (Å²) < 4.78 is 0. The van der Waals surface area contributed by atoms with E-state index in [4.69, 9.17) is 4.98 Å². The number of aromatic nitrogens is 5. The standard InChI is InChI=1S/C29H32N8O.3H2/c1-36-10-12-37(13-11-36)9-8-30-29(38)19-2-4-21-22(15-19)28(18-3-5-24-20(14-18)16-31-34-24)33-26-7-6-25-23(27(21)26)17-32-35-25;;;/h3,5-7,14,16-17,19H,2,4,8-13,15H2,1H3,(H,30,38)(H,31,34)(H,32,35);3*1H. The fraction of sp³-hybridized carbons (Fsp3) is 0.379. The predicted molar refractivity (Wildman–Crippen MR) is 155 cm³/mol. The molecule has 0 radical (unpaired) electrons. The molecule has 0 bridgehead atoms. The number of amides is 1. The van der Waals surface area contributed by atoms with Gasteiger partial charge < -0.3 is 10.2 Å². The Kier molecular flexibility index (Phi) is 5.82. The molecule has 1 atom stereocenters. The minimum atomic E-state index is -0.0609. The van der Waals surface area contributed by atoms with Crippen LogP contribution < -0.4 is 5.32 Å². The van der Waals surface area contributed by atoms with Gasteiger partial charge in [-0.1, -0.05) is 6.07 Å². The number of rotatable bonds is 5. The van der Waals surface area contributed by atoms with E-state index in [2.05, 4.69) is 66.8 Å². The van der Waals surface area contributed by atoms with Crippen molar-refractivity contribution >= 4 is 38.6 Å². The molecule has 0 saturated carbocycles. The molecule has 1 aliphatic heterocycles. The number of carbonyl (C=O) groups excluding carboxylic acids is 1. The molecule has 4 heterocycles. The maximum atomic E-state index is 13.3. The highest BCUT2D eigenvalue weighted by Gasteiger charge is 2.30. The summed E-state index contributed by atoms with van der Waals surface area (Å²) in [6, 6.07) is 10.4. The van der Waals surface area contributed by atoms with Gasteiger partial charge in [0.25, 0.3) is 0 Å². The molecule has 0 spiro atoms. The van der Waals surface area contributed by atoms with Gasteiger partial charge in [-0.05, 0) is 61.7 Å². The number of fused-ring (bicyclic) bond motifs is 6. The summed E-state index contributed by atoms with van der Waals surface area (Å²) in [5, 5.41) is 21.2. The highest BCUT2D eigenvalue weighted by molar-refractivity contribution is 6.08. The molecular weight excluding hydrogens is 476 g/mol. The van der Waals surface area contributed by atoms with E-state index in [0.29, 0.717) is 13.0 Å². The lowest BCUT2D eigenvalue weighted by Crippen LogP contribution is -2.47. The van der Waals surface area contributed by atoms with Gasteiger partial charge in [-0.2, -0.15) is 10.2 Å². The van der Waals surface area contributed by atoms with Crippen molar-refractivity contribution in [2.45, 2.75) is 19.3 Å². The Morgan fingerprint density at radius 2 is 1.87 bits per heavy atom. The molecule has 9 nitrogen and oxygen atoms in total. The number of nitrogens with zero attached hydrogens (tertiary/aromatic N) is 5. The van der Waals surface area contributed by atoms with Crippen LogP contribution in [0.2, 0.25) is 0 Å². The molecular formula is C29H38N8O. The van der Waals surface area contributed by atoms with Crippen molar-refractivity contribution in [3.05, 3.63) is 53.9 Å². The van der Waals surface area contributed by atoms with Gasteiger partial charge in [-0.3, -0.25) is 19.9 Å². The van der Waals surface area contributed by atoms with Gasteiger partial charge in [0.05, 0.1) is 34.6 Å². The van der Waals surface area contributed by atoms with Crippen LogP contribution in [0, 0.1) is 5.92 Å². The molecule has 1 fully saturated rings. The summed E-state index contributed by atoms with van der Waals surface area (Å²) in [6.07, 6.45) is 6.11. The molecule has 3 N–H and O–H groups in total. The van der Waals surface area contributed by atoms with Gasteiger partial charge in [0.15, 0.2) is 0 Å². The minimum absolute atomic E-state index is 0. The number of aromatic amines is 2. The van der Waals surface area contributed by atoms with E-state index in [1.165, 1.54) is 11.1 Å². The molecule has 5 aromatic rings. The van der Waals surface area contributed by atoms with Crippen LogP contribution in [0.5, 0.6) is 0 Å². The molecule has 1 saturated heterocycles. The number of hydrogen-bond acceptors (Lipinski definition) is 6. The second kappa shape index (κ2) is 9.49. The fourth-order valence-corrected chi connectivity index (χ4v) is 6.17. The zero-order valence-corrected chi connectivity index (χ0v) is 21.6. The summed E-state index contributed by atoms with van der Waals surface area (Å²) in [6.45, 7) is 5.91. The van der Waals surface area contributed by atoms with Gasteiger partial charge in [-0.25, -0.2) is 4.98 Å². The number of hydrogen-bond donors (Lipinski definition) is 3. The van der Waals surface area contributed by atoms with Crippen molar-refractivity contribution in [3.8, 4) is 11.3 Å². The molecule has 2 aromatic carbocycles. The predicted octanol–water partition coefficient (Wildman–Crippen LogP) is 3.86. The highest BCUT2D eigenvalue weighted by atomic mass is 16.1. The monoisotopic (exact) mass is 514 g/mol. The second-order valence-corrected chi connectivity index (χ2v) is 10.8. The van der Waals surface area contributed by atoms with Gasteiger partial charge in [0.1, 0.15) is 0 Å². The maximum Gasteiger partial charge on any atom is 0.223 e. The van der Waals surface area contributed by atoms with Crippen molar-refractivity contribution in [2.24, 2.45) is 5.92 Å². The first-order chi connectivity index (χ1) is 18.6. The molecule has 3 aromatic heterocycles. The molecule has 7 rings (SSSR count). The van der Waals surface area contributed by atoms with E-state index in [-0.39, 0.29) is 16.1 Å². The van der Waals surface area contributed by atoms with E-state index in [0.717, 1.165) is 89.5 Å². The summed E-state index contributed by atoms with van der Waals surface area (Å²) in [7, 11) is 2.16. The number of aryl methyl sites for hydroxylation is 1. The van der Waals surface area contributed by atoms with Gasteiger partial charge in [-0.15, -0.1) is 0 Å². The molecule has 2 aliphatic rings. The summed E-state index contributed by atoms with van der Waals surface area (Å²) in [5.74, 6) is 0.0943. The van der Waals surface area contributed by atoms with Crippen LogP contribution in [-0.4, -0.2) is 87.4 Å². The lowest BCUT2D eigenvalue weighted by atomic mass is 9.79. The van der Waals surface area contributed by atoms with Crippen LogP contribution in [0.15, 0.2) is 42.7 Å². The average molecular weight is 515 g/mol. The Bertz CT molecular complexity index is 1660. The Labute approximate surface area is 225 Å². The van der Waals surface area contributed by atoms with Crippen LogP contribution in [-0.2, 0) is 17.6 Å². The first-order valence-corrected chi connectivity index (χ1v) is 13.5. The Morgan fingerprint density at radius 1 is 1.05 bits per heavy atom. The fourth-order valence-electron chi connectivity index (χ4n) is 6.17. The number of carbonyl (C=O) groups is 1. The SMILES string of the molecule is CN1CCN(CCNC(=O)C2CCc3c(c(-c4ccc5[nH]ncc5c4)nc4ccc5[nH]ncc5c34)C2)CC1.[HH].[HH].[HH]. The molecule has 9 heteroatoms. The molecule has 200 valence electrons. The van der Waals surface area contributed by atoms with Crippen molar-refractivity contribution < 1.29 is 9.07 Å². The summed E-state index contributed by atoms with van der Waals surface area (Å²) in [5.41, 5.74) is 7.48. The lowest BCUT2D eigenvalue weighted by molar-refractivity contribution is -0.125. The van der Waals surface area contributed by atoms with Crippen molar-refractivity contribution in [1.82, 2.24) is 40.5 Å². The van der Waals surface area contributed by atoms with Crippen LogP contribution in [0.4, 0.5) is 0 Å². The van der Waals surface area contributed by atoms with Crippen LogP contribution in [0.25, 0.3) is 44.0 Å². The number of likely N-dealkylation sites (N-methyl/N-ethyl adjacent to an activating group) is 1. The van der Waals surface area contributed by atoms with Crippen molar-refractivity contribution in [2.75, 3.05) is 46.3 Å². The molecule has 38 heavy (non-hydrogen) atoms. The second-order valence-electron chi connectivity index (χ2n) is 10.8. The number of piperazine rings is 1. The minimum Gasteiger partial charge on any atom is -0.355 e. The zero-order valence-electron chi connectivity index (χ0n) is 21.6. The van der Waals surface area contributed by atoms with Gasteiger partial charge >= 0.3 is 0 Å². The van der Waals surface area contributed by atoms with Crippen molar-refractivity contribution in [1.29, 1.82) is 0 Å². The smallest absolute Gasteiger partial charge is 0.223 e.